The van der Waals surface area contributed by atoms with Gasteiger partial charge < -0.3 is 9.47 Å². The molecule has 0 saturated carbocycles. The minimum Gasteiger partial charge on any atom is -0.472 e. The molecule has 6 nitrogen and oxygen atoms in total. The Hall–Kier alpha value is -3.72. The van der Waals surface area contributed by atoms with E-state index in [1.54, 1.807) is 30.5 Å². The van der Waals surface area contributed by atoms with Crippen LogP contribution in [0.4, 0.5) is 0 Å². The lowest BCUT2D eigenvalue weighted by molar-refractivity contribution is -0.139. The molecule has 0 fully saturated rings. The fourth-order valence-corrected chi connectivity index (χ4v) is 2.17. The second-order valence-electron chi connectivity index (χ2n) is 5.59. The molecule has 27 heavy (non-hydrogen) atoms. The van der Waals surface area contributed by atoms with Crippen LogP contribution >= 0.6 is 0 Å². The first-order chi connectivity index (χ1) is 13.2. The molecule has 1 aromatic carbocycles. The fraction of sp³-hybridized carbons (Fsp3) is 0.143. The molecule has 0 saturated heterocycles. The summed E-state index contributed by atoms with van der Waals surface area (Å²) >= 11 is 0. The molecule has 3 aromatic rings. The maximum atomic E-state index is 11.2. The number of pyridine rings is 1. The number of benzene rings is 1. The van der Waals surface area contributed by atoms with Gasteiger partial charge >= 0.3 is 5.97 Å². The van der Waals surface area contributed by atoms with Gasteiger partial charge in [-0.1, -0.05) is 36.4 Å². The molecule has 0 N–H and O–H groups in total. The molecule has 134 valence electrons. The van der Waals surface area contributed by atoms with Crippen molar-refractivity contribution in [3.8, 4) is 17.7 Å². The van der Waals surface area contributed by atoms with Crippen molar-refractivity contribution in [2.24, 2.45) is 0 Å². The second kappa shape index (κ2) is 9.11. The number of nitrogens with zero attached hydrogens (tertiary/aromatic N) is 3. The van der Waals surface area contributed by atoms with E-state index < -0.39 is 0 Å². The third-order valence-corrected chi connectivity index (χ3v) is 3.59. The topological polar surface area (TPSA) is 74.2 Å². The van der Waals surface area contributed by atoms with Crippen LogP contribution in [0, 0.1) is 11.8 Å². The molecule has 0 bridgehead atoms. The summed E-state index contributed by atoms with van der Waals surface area (Å²) in [5.74, 6) is 5.95. The van der Waals surface area contributed by atoms with Gasteiger partial charge in [-0.25, -0.2) is 4.98 Å². The lowest BCUT2D eigenvalue weighted by atomic mass is 10.2. The molecule has 2 aromatic heterocycles. The van der Waals surface area contributed by atoms with E-state index in [2.05, 4.69) is 31.8 Å². The SMILES string of the molecule is COC(=O)Cc1ccc(C#Cc2ccc(OCc3ccccc3)nn2)nc1. The zero-order valence-electron chi connectivity index (χ0n) is 14.8. The van der Waals surface area contributed by atoms with Crippen LogP contribution in [0.1, 0.15) is 22.5 Å². The Bertz CT molecular complexity index is 944. The van der Waals surface area contributed by atoms with Crippen molar-refractivity contribution >= 4 is 5.97 Å². The summed E-state index contributed by atoms with van der Waals surface area (Å²) in [7, 11) is 1.36. The summed E-state index contributed by atoms with van der Waals surface area (Å²) < 4.78 is 10.2. The fourth-order valence-electron chi connectivity index (χ4n) is 2.17. The van der Waals surface area contributed by atoms with E-state index in [1.165, 1.54) is 7.11 Å². The van der Waals surface area contributed by atoms with Crippen LogP contribution in [-0.2, 0) is 22.6 Å². The molecule has 0 aliphatic heterocycles. The summed E-state index contributed by atoms with van der Waals surface area (Å²) in [4.78, 5) is 15.4. The molecule has 0 amide bonds. The van der Waals surface area contributed by atoms with Crippen LogP contribution in [0.2, 0.25) is 0 Å². The van der Waals surface area contributed by atoms with Crippen LogP contribution < -0.4 is 4.74 Å². The summed E-state index contributed by atoms with van der Waals surface area (Å²) in [6.07, 6.45) is 1.79. The van der Waals surface area contributed by atoms with Crippen molar-refractivity contribution in [2.45, 2.75) is 13.0 Å². The highest BCUT2D eigenvalue weighted by Crippen LogP contribution is 2.08. The number of ether oxygens (including phenoxy) is 2. The van der Waals surface area contributed by atoms with E-state index in [9.17, 15) is 4.79 Å². The van der Waals surface area contributed by atoms with E-state index in [1.807, 2.05) is 30.3 Å². The second-order valence-corrected chi connectivity index (χ2v) is 5.59. The Labute approximate surface area is 157 Å². The number of esters is 1. The average molecular weight is 359 g/mol. The molecule has 0 atom stereocenters. The Morgan fingerprint density at radius 3 is 2.37 bits per heavy atom. The number of carbonyl (C=O) groups is 1. The van der Waals surface area contributed by atoms with Crippen LogP contribution in [0.5, 0.6) is 5.88 Å². The van der Waals surface area contributed by atoms with E-state index in [4.69, 9.17) is 4.74 Å². The monoisotopic (exact) mass is 359 g/mol. The summed E-state index contributed by atoms with van der Waals surface area (Å²) in [6, 6.07) is 16.8. The number of hydrogen-bond donors (Lipinski definition) is 0. The van der Waals surface area contributed by atoms with Gasteiger partial charge in [0, 0.05) is 12.3 Å². The highest BCUT2D eigenvalue weighted by molar-refractivity contribution is 5.72. The smallest absolute Gasteiger partial charge is 0.310 e. The number of rotatable bonds is 5. The largest absolute Gasteiger partial charge is 0.472 e. The molecule has 0 spiro atoms. The minimum absolute atomic E-state index is 0.188. The van der Waals surface area contributed by atoms with Gasteiger partial charge in [0.2, 0.25) is 5.88 Å². The van der Waals surface area contributed by atoms with Crippen molar-refractivity contribution in [3.63, 3.8) is 0 Å². The Balaban J connectivity index is 1.57. The zero-order chi connectivity index (χ0) is 18.9. The molecule has 2 heterocycles. The molecular formula is C21H17N3O3. The van der Waals surface area contributed by atoms with Crippen molar-refractivity contribution in [1.82, 2.24) is 15.2 Å². The Morgan fingerprint density at radius 1 is 0.926 bits per heavy atom. The van der Waals surface area contributed by atoms with Gasteiger partial charge in [-0.3, -0.25) is 4.79 Å². The van der Waals surface area contributed by atoms with Gasteiger partial charge in [0.05, 0.1) is 13.5 Å². The van der Waals surface area contributed by atoms with Gasteiger partial charge in [0.1, 0.15) is 18.0 Å². The van der Waals surface area contributed by atoms with Gasteiger partial charge in [-0.2, -0.15) is 0 Å². The van der Waals surface area contributed by atoms with E-state index in [0.29, 0.717) is 23.9 Å². The van der Waals surface area contributed by atoms with Gasteiger partial charge in [-0.15, -0.1) is 10.2 Å². The predicted molar refractivity (Wildman–Crippen MR) is 98.7 cm³/mol. The van der Waals surface area contributed by atoms with Crippen LogP contribution in [0.15, 0.2) is 60.8 Å². The van der Waals surface area contributed by atoms with Gasteiger partial charge in [0.15, 0.2) is 0 Å². The molecule has 3 rings (SSSR count). The van der Waals surface area contributed by atoms with Crippen molar-refractivity contribution in [3.05, 3.63) is 83.3 Å². The minimum atomic E-state index is -0.305. The third-order valence-electron chi connectivity index (χ3n) is 3.59. The number of carbonyl (C=O) groups excluding carboxylic acids is 1. The van der Waals surface area contributed by atoms with Crippen LogP contribution in [0.25, 0.3) is 0 Å². The molecule has 0 unspecified atom stereocenters. The lowest BCUT2D eigenvalue weighted by Gasteiger charge is -2.04. The number of hydrogen-bond acceptors (Lipinski definition) is 6. The number of methoxy groups -OCH3 is 1. The van der Waals surface area contributed by atoms with Gasteiger partial charge in [0.25, 0.3) is 0 Å². The first-order valence-electron chi connectivity index (χ1n) is 8.27. The molecule has 0 aliphatic carbocycles. The molecule has 6 heteroatoms. The standard InChI is InChI=1S/C21H17N3O3/c1-26-21(25)13-17-7-8-18(22-14-17)9-10-19-11-12-20(24-23-19)27-15-16-5-3-2-4-6-16/h2-8,11-12,14H,13,15H2,1H3. The third kappa shape index (κ3) is 5.65. The van der Waals surface area contributed by atoms with E-state index in [-0.39, 0.29) is 12.4 Å². The highest BCUT2D eigenvalue weighted by Gasteiger charge is 2.03. The van der Waals surface area contributed by atoms with Crippen LogP contribution in [-0.4, -0.2) is 28.3 Å². The molecular weight excluding hydrogens is 342 g/mol. The highest BCUT2D eigenvalue weighted by atomic mass is 16.5. The summed E-state index contributed by atoms with van der Waals surface area (Å²) in [5, 5.41) is 8.05. The Kier molecular flexibility index (Phi) is 6.10. The van der Waals surface area contributed by atoms with Crippen LogP contribution in [0.3, 0.4) is 0 Å². The normalized spacial score (nSPS) is 9.81. The predicted octanol–water partition coefficient (Wildman–Crippen LogP) is 2.57. The van der Waals surface area contributed by atoms with Crippen molar-refractivity contribution in [2.75, 3.05) is 7.11 Å². The first kappa shape index (κ1) is 18.1. The van der Waals surface area contributed by atoms with E-state index >= 15 is 0 Å². The quantitative estimate of drug-likeness (QED) is 0.515. The van der Waals surface area contributed by atoms with Crippen molar-refractivity contribution < 1.29 is 14.3 Å². The Morgan fingerprint density at radius 2 is 1.70 bits per heavy atom. The summed E-state index contributed by atoms with van der Waals surface area (Å²) in [6.45, 7) is 0.433. The van der Waals surface area contributed by atoms with E-state index in [0.717, 1.165) is 11.1 Å². The van der Waals surface area contributed by atoms with Gasteiger partial charge in [-0.05, 0) is 35.1 Å². The zero-order valence-corrected chi connectivity index (χ0v) is 14.8. The summed E-state index contributed by atoms with van der Waals surface area (Å²) in [5.41, 5.74) is 2.93. The lowest BCUT2D eigenvalue weighted by Crippen LogP contribution is -2.04. The maximum Gasteiger partial charge on any atom is 0.310 e. The van der Waals surface area contributed by atoms with Crippen molar-refractivity contribution in [1.29, 1.82) is 0 Å². The maximum absolute atomic E-state index is 11.2. The first-order valence-corrected chi connectivity index (χ1v) is 8.27. The molecule has 0 aliphatic rings. The number of aromatic nitrogens is 3. The molecule has 0 radical (unpaired) electrons. The average Bonchev–Trinajstić information content (AvgIpc) is 2.73.